The lowest BCUT2D eigenvalue weighted by Gasteiger charge is -2.12. The Kier molecular flexibility index (Phi) is 5.19. The van der Waals surface area contributed by atoms with Gasteiger partial charge in [0.15, 0.2) is 0 Å². The maximum Gasteiger partial charge on any atom is 0.233 e. The molecule has 2 aromatic carbocycles. The predicted octanol–water partition coefficient (Wildman–Crippen LogP) is 5.08. The number of halogens is 2. The Morgan fingerprint density at radius 3 is 1.96 bits per heavy atom. The van der Waals surface area contributed by atoms with Crippen LogP contribution in [0.1, 0.15) is 11.1 Å². The van der Waals surface area contributed by atoms with Gasteiger partial charge in [0, 0.05) is 14.6 Å². The number of rotatable bonds is 4. The number of aryl methyl sites for hydroxylation is 2. The van der Waals surface area contributed by atoms with E-state index in [-0.39, 0.29) is 5.95 Å². The third-order valence-corrected chi connectivity index (χ3v) is 4.63. The Morgan fingerprint density at radius 2 is 1.36 bits per heavy atom. The molecule has 0 radical (unpaired) electrons. The fourth-order valence-electron chi connectivity index (χ4n) is 2.20. The third kappa shape index (κ3) is 4.46. The van der Waals surface area contributed by atoms with Crippen molar-refractivity contribution >= 4 is 61.1 Å². The van der Waals surface area contributed by atoms with E-state index < -0.39 is 0 Å². The van der Waals surface area contributed by atoms with Crippen molar-refractivity contribution < 1.29 is 0 Å². The fourth-order valence-corrected chi connectivity index (χ4v) is 3.81. The first-order chi connectivity index (χ1) is 11.9. The summed E-state index contributed by atoms with van der Waals surface area (Å²) in [5.41, 5.74) is 9.82. The molecule has 0 spiro atoms. The molecule has 0 aliphatic carbocycles. The van der Waals surface area contributed by atoms with Crippen LogP contribution in [0.15, 0.2) is 45.3 Å². The van der Waals surface area contributed by atoms with Crippen LogP contribution in [0.2, 0.25) is 0 Å². The van der Waals surface area contributed by atoms with E-state index in [1.807, 2.05) is 50.2 Å². The van der Waals surface area contributed by atoms with Crippen LogP contribution in [0.25, 0.3) is 0 Å². The molecular formula is C17H16Br2N6. The number of nitrogens with two attached hydrogens (primary N) is 1. The zero-order chi connectivity index (χ0) is 18.0. The van der Waals surface area contributed by atoms with Gasteiger partial charge in [0.25, 0.3) is 0 Å². The number of anilines is 5. The van der Waals surface area contributed by atoms with Crippen molar-refractivity contribution in [3.05, 3.63) is 56.5 Å². The highest BCUT2D eigenvalue weighted by molar-refractivity contribution is 9.11. The minimum atomic E-state index is 0.131. The maximum absolute atomic E-state index is 5.83. The van der Waals surface area contributed by atoms with Crippen LogP contribution in [-0.4, -0.2) is 15.0 Å². The summed E-state index contributed by atoms with van der Waals surface area (Å²) in [6.07, 6.45) is 0. The Morgan fingerprint density at radius 1 is 0.800 bits per heavy atom. The smallest absolute Gasteiger partial charge is 0.233 e. The first kappa shape index (κ1) is 17.6. The number of hydrogen-bond donors (Lipinski definition) is 3. The van der Waals surface area contributed by atoms with E-state index >= 15 is 0 Å². The number of nitrogens with zero attached hydrogens (tertiary/aromatic N) is 3. The van der Waals surface area contributed by atoms with Crippen molar-refractivity contribution in [3.8, 4) is 0 Å². The molecule has 0 atom stereocenters. The molecule has 1 heterocycles. The Hall–Kier alpha value is -2.19. The first-order valence-corrected chi connectivity index (χ1v) is 9.07. The molecule has 25 heavy (non-hydrogen) atoms. The molecule has 0 aliphatic heterocycles. The molecule has 0 bridgehead atoms. The van der Waals surface area contributed by atoms with Crippen LogP contribution in [0.3, 0.4) is 0 Å². The van der Waals surface area contributed by atoms with Crippen molar-refractivity contribution in [3.63, 3.8) is 0 Å². The summed E-state index contributed by atoms with van der Waals surface area (Å²) >= 11 is 7.08. The van der Waals surface area contributed by atoms with Gasteiger partial charge in [0.1, 0.15) is 0 Å². The Balaban J connectivity index is 1.88. The number of aromatic nitrogens is 3. The molecule has 3 rings (SSSR count). The molecule has 0 aliphatic rings. The van der Waals surface area contributed by atoms with Crippen LogP contribution in [0.5, 0.6) is 0 Å². The molecule has 0 fully saturated rings. The lowest BCUT2D eigenvalue weighted by atomic mass is 10.2. The lowest BCUT2D eigenvalue weighted by molar-refractivity contribution is 1.07. The van der Waals surface area contributed by atoms with Crippen LogP contribution in [-0.2, 0) is 0 Å². The van der Waals surface area contributed by atoms with Crippen LogP contribution in [0, 0.1) is 13.8 Å². The van der Waals surface area contributed by atoms with Crippen molar-refractivity contribution in [2.75, 3.05) is 16.4 Å². The highest BCUT2D eigenvalue weighted by Gasteiger charge is 2.10. The molecule has 6 nitrogen and oxygen atoms in total. The summed E-state index contributed by atoms with van der Waals surface area (Å²) in [4.78, 5) is 12.7. The second kappa shape index (κ2) is 7.37. The molecule has 4 N–H and O–H groups in total. The molecular weight excluding hydrogens is 448 g/mol. The quantitative estimate of drug-likeness (QED) is 0.499. The molecule has 0 saturated heterocycles. The van der Waals surface area contributed by atoms with Gasteiger partial charge in [0.05, 0.1) is 5.69 Å². The minimum Gasteiger partial charge on any atom is -0.368 e. The lowest BCUT2D eigenvalue weighted by Crippen LogP contribution is -2.07. The summed E-state index contributed by atoms with van der Waals surface area (Å²) in [5, 5.41) is 6.30. The van der Waals surface area contributed by atoms with E-state index in [1.54, 1.807) is 0 Å². The van der Waals surface area contributed by atoms with Crippen molar-refractivity contribution in [1.29, 1.82) is 0 Å². The average molecular weight is 464 g/mol. The molecule has 1 aromatic heterocycles. The molecule has 0 unspecified atom stereocenters. The van der Waals surface area contributed by atoms with E-state index in [9.17, 15) is 0 Å². The van der Waals surface area contributed by atoms with E-state index in [1.165, 1.54) is 5.56 Å². The van der Waals surface area contributed by atoms with Gasteiger partial charge in [-0.3, -0.25) is 0 Å². The van der Waals surface area contributed by atoms with E-state index in [2.05, 4.69) is 57.4 Å². The highest BCUT2D eigenvalue weighted by atomic mass is 79.9. The number of benzene rings is 2. The minimum absolute atomic E-state index is 0.131. The number of nitrogen functional groups attached to an aromatic ring is 1. The monoisotopic (exact) mass is 462 g/mol. The number of nitrogens with one attached hydrogen (secondary N) is 2. The normalized spacial score (nSPS) is 10.6. The third-order valence-electron chi connectivity index (χ3n) is 3.38. The Bertz CT molecular complexity index is 889. The summed E-state index contributed by atoms with van der Waals surface area (Å²) in [6, 6.07) is 11.9. The second-order valence-corrected chi connectivity index (χ2v) is 7.27. The fraction of sp³-hybridized carbons (Fsp3) is 0.118. The van der Waals surface area contributed by atoms with Crippen LogP contribution >= 0.6 is 31.9 Å². The average Bonchev–Trinajstić information content (AvgIpc) is 2.52. The zero-order valence-electron chi connectivity index (χ0n) is 13.6. The van der Waals surface area contributed by atoms with Crippen LogP contribution < -0.4 is 16.4 Å². The van der Waals surface area contributed by atoms with E-state index in [0.717, 1.165) is 25.9 Å². The van der Waals surface area contributed by atoms with Gasteiger partial charge in [-0.1, -0.05) is 17.7 Å². The molecule has 8 heteroatoms. The van der Waals surface area contributed by atoms with Gasteiger partial charge >= 0.3 is 0 Å². The summed E-state index contributed by atoms with van der Waals surface area (Å²) in [7, 11) is 0. The van der Waals surface area contributed by atoms with Gasteiger partial charge in [-0.05, 0) is 75.5 Å². The van der Waals surface area contributed by atoms with Crippen LogP contribution in [0.4, 0.5) is 29.2 Å². The maximum atomic E-state index is 5.83. The number of hydrogen-bond acceptors (Lipinski definition) is 6. The molecule has 0 amide bonds. The standard InChI is InChI=1S/C17H16Br2N6/c1-9-3-5-11(6-4-9)21-16-23-15(20)24-17(25-16)22-14-12(18)7-10(2)8-13(14)19/h3-8H,1-2H3,(H4,20,21,22,23,24,25). The van der Waals surface area contributed by atoms with Crippen molar-refractivity contribution in [1.82, 2.24) is 15.0 Å². The zero-order valence-corrected chi connectivity index (χ0v) is 16.8. The second-order valence-electron chi connectivity index (χ2n) is 5.56. The van der Waals surface area contributed by atoms with Gasteiger partial charge in [0.2, 0.25) is 17.8 Å². The van der Waals surface area contributed by atoms with E-state index in [4.69, 9.17) is 5.73 Å². The molecule has 3 aromatic rings. The summed E-state index contributed by atoms with van der Waals surface area (Å²) in [5.74, 6) is 0.858. The molecule has 0 saturated carbocycles. The predicted molar refractivity (Wildman–Crippen MR) is 109 cm³/mol. The van der Waals surface area contributed by atoms with Gasteiger partial charge in [-0.2, -0.15) is 15.0 Å². The van der Waals surface area contributed by atoms with Gasteiger partial charge < -0.3 is 16.4 Å². The first-order valence-electron chi connectivity index (χ1n) is 7.48. The van der Waals surface area contributed by atoms with Crippen molar-refractivity contribution in [2.24, 2.45) is 0 Å². The highest BCUT2D eigenvalue weighted by Crippen LogP contribution is 2.34. The summed E-state index contributed by atoms with van der Waals surface area (Å²) in [6.45, 7) is 4.05. The topological polar surface area (TPSA) is 88.8 Å². The molecule has 128 valence electrons. The Labute approximate surface area is 162 Å². The SMILES string of the molecule is Cc1ccc(Nc2nc(N)nc(Nc3c(Br)cc(C)cc3Br)n2)cc1. The van der Waals surface area contributed by atoms with Gasteiger partial charge in [-0.25, -0.2) is 0 Å². The van der Waals surface area contributed by atoms with Gasteiger partial charge in [-0.15, -0.1) is 0 Å². The largest absolute Gasteiger partial charge is 0.368 e. The summed E-state index contributed by atoms with van der Waals surface area (Å²) < 4.78 is 1.79. The van der Waals surface area contributed by atoms with Crippen molar-refractivity contribution in [2.45, 2.75) is 13.8 Å². The van der Waals surface area contributed by atoms with E-state index in [0.29, 0.717) is 11.9 Å².